The second-order valence-corrected chi connectivity index (χ2v) is 7.94. The summed E-state index contributed by atoms with van der Waals surface area (Å²) in [6.07, 6.45) is 3.09. The van der Waals surface area contributed by atoms with Crippen molar-refractivity contribution in [1.29, 1.82) is 0 Å². The van der Waals surface area contributed by atoms with Crippen molar-refractivity contribution in [3.05, 3.63) is 60.2 Å². The van der Waals surface area contributed by atoms with E-state index in [1.807, 2.05) is 6.07 Å². The third kappa shape index (κ3) is 2.57. The number of anilines is 1. The number of Topliss-reactive ketones (excluding diaryl/α,β-unsaturated/α-hetero) is 1. The SMILES string of the molecule is O=C(COc1ccccc1N1C(=O)C2C3CCC(C3)C2C1=O)c1ccccc1. The summed E-state index contributed by atoms with van der Waals surface area (Å²) in [5.41, 5.74) is 1.02. The molecule has 1 aliphatic heterocycles. The van der Waals surface area contributed by atoms with Crippen molar-refractivity contribution >= 4 is 23.3 Å². The maximum Gasteiger partial charge on any atom is 0.238 e. The number of benzene rings is 2. The van der Waals surface area contributed by atoms with Gasteiger partial charge >= 0.3 is 0 Å². The first kappa shape index (κ1) is 17.2. The van der Waals surface area contributed by atoms with E-state index in [9.17, 15) is 14.4 Å². The van der Waals surface area contributed by atoms with Gasteiger partial charge in [-0.15, -0.1) is 0 Å². The maximum absolute atomic E-state index is 13.1. The van der Waals surface area contributed by atoms with Crippen LogP contribution in [-0.4, -0.2) is 24.2 Å². The molecule has 1 saturated heterocycles. The maximum atomic E-state index is 13.1. The van der Waals surface area contributed by atoms with E-state index in [2.05, 4.69) is 0 Å². The Morgan fingerprint density at radius 3 is 2.18 bits per heavy atom. The molecule has 5 rings (SSSR count). The van der Waals surface area contributed by atoms with E-state index in [-0.39, 0.29) is 36.0 Å². The van der Waals surface area contributed by atoms with Gasteiger partial charge in [0, 0.05) is 5.56 Å². The zero-order chi connectivity index (χ0) is 19.3. The van der Waals surface area contributed by atoms with Gasteiger partial charge in [0.15, 0.2) is 12.4 Å². The Labute approximate surface area is 163 Å². The fourth-order valence-electron chi connectivity index (χ4n) is 5.26. The van der Waals surface area contributed by atoms with Crippen LogP contribution < -0.4 is 9.64 Å². The van der Waals surface area contributed by atoms with Crippen LogP contribution in [0.1, 0.15) is 29.6 Å². The number of imide groups is 1. The van der Waals surface area contributed by atoms with Crippen molar-refractivity contribution in [3.8, 4) is 5.75 Å². The standard InChI is InChI=1S/C23H21NO4/c25-18(14-6-2-1-3-7-14)13-28-19-9-5-4-8-17(19)24-22(26)20-15-10-11-16(12-15)21(20)23(24)27/h1-9,15-16,20-21H,10-13H2. The summed E-state index contributed by atoms with van der Waals surface area (Å²) in [4.78, 5) is 39.8. The lowest BCUT2D eigenvalue weighted by molar-refractivity contribution is -0.123. The van der Waals surface area contributed by atoms with Gasteiger partial charge in [-0.1, -0.05) is 42.5 Å². The lowest BCUT2D eigenvalue weighted by Crippen LogP contribution is -2.33. The largest absolute Gasteiger partial charge is 0.483 e. The highest BCUT2D eigenvalue weighted by Gasteiger charge is 2.61. The molecular formula is C23H21NO4. The average Bonchev–Trinajstić information content (AvgIpc) is 3.41. The van der Waals surface area contributed by atoms with E-state index >= 15 is 0 Å². The third-order valence-corrected chi connectivity index (χ3v) is 6.49. The quantitative estimate of drug-likeness (QED) is 0.593. The number of rotatable bonds is 5. The highest BCUT2D eigenvalue weighted by molar-refractivity contribution is 6.23. The smallest absolute Gasteiger partial charge is 0.238 e. The first-order valence-corrected chi connectivity index (χ1v) is 9.83. The molecule has 3 aliphatic rings. The minimum absolute atomic E-state index is 0.104. The number of ether oxygens (including phenoxy) is 1. The summed E-state index contributed by atoms with van der Waals surface area (Å²) in [7, 11) is 0. The van der Waals surface area contributed by atoms with Crippen molar-refractivity contribution in [2.75, 3.05) is 11.5 Å². The van der Waals surface area contributed by atoms with Gasteiger partial charge in [-0.25, -0.2) is 4.90 Å². The molecule has 0 radical (unpaired) electrons. The van der Waals surface area contributed by atoms with Crippen LogP contribution in [0.25, 0.3) is 0 Å². The summed E-state index contributed by atoms with van der Waals surface area (Å²) >= 11 is 0. The van der Waals surface area contributed by atoms with E-state index < -0.39 is 0 Å². The Morgan fingerprint density at radius 1 is 0.893 bits per heavy atom. The fraction of sp³-hybridized carbons (Fsp3) is 0.348. The lowest BCUT2D eigenvalue weighted by atomic mass is 9.81. The fourth-order valence-corrected chi connectivity index (χ4v) is 5.26. The van der Waals surface area contributed by atoms with Crippen molar-refractivity contribution in [2.45, 2.75) is 19.3 Å². The molecule has 2 bridgehead atoms. The van der Waals surface area contributed by atoms with Crippen LogP contribution in [0.2, 0.25) is 0 Å². The van der Waals surface area contributed by atoms with Gasteiger partial charge < -0.3 is 4.74 Å². The zero-order valence-corrected chi connectivity index (χ0v) is 15.4. The first-order chi connectivity index (χ1) is 13.6. The Morgan fingerprint density at radius 2 is 1.50 bits per heavy atom. The van der Waals surface area contributed by atoms with Gasteiger partial charge in [0.25, 0.3) is 0 Å². The number of carbonyl (C=O) groups is 3. The minimum atomic E-state index is -0.176. The van der Waals surface area contributed by atoms with Crippen molar-refractivity contribution in [1.82, 2.24) is 0 Å². The molecule has 2 aromatic rings. The van der Waals surface area contributed by atoms with Gasteiger partial charge in [-0.3, -0.25) is 14.4 Å². The summed E-state index contributed by atoms with van der Waals surface area (Å²) in [6, 6.07) is 15.9. The number of nitrogens with zero attached hydrogens (tertiary/aromatic N) is 1. The molecule has 0 aromatic heterocycles. The van der Waals surface area contributed by atoms with Crippen molar-refractivity contribution in [2.24, 2.45) is 23.7 Å². The molecule has 4 unspecified atom stereocenters. The molecule has 5 heteroatoms. The molecule has 5 nitrogen and oxygen atoms in total. The third-order valence-electron chi connectivity index (χ3n) is 6.49. The van der Waals surface area contributed by atoms with Gasteiger partial charge in [-0.2, -0.15) is 0 Å². The summed E-state index contributed by atoms with van der Waals surface area (Å²) in [5, 5.41) is 0. The van der Waals surface area contributed by atoms with Gasteiger partial charge in [0.05, 0.1) is 17.5 Å². The van der Waals surface area contributed by atoms with Crippen molar-refractivity contribution in [3.63, 3.8) is 0 Å². The molecule has 2 amide bonds. The first-order valence-electron chi connectivity index (χ1n) is 9.83. The average molecular weight is 375 g/mol. The topological polar surface area (TPSA) is 63.7 Å². The van der Waals surface area contributed by atoms with Crippen LogP contribution in [0.5, 0.6) is 5.75 Å². The number of amides is 2. The molecule has 142 valence electrons. The number of fused-ring (bicyclic) bond motifs is 5. The zero-order valence-electron chi connectivity index (χ0n) is 15.4. The van der Waals surface area contributed by atoms with Crippen LogP contribution in [0.15, 0.2) is 54.6 Å². The molecule has 2 saturated carbocycles. The van der Waals surface area contributed by atoms with Crippen LogP contribution >= 0.6 is 0 Å². The Kier molecular flexibility index (Phi) is 4.04. The molecule has 1 heterocycles. The molecule has 0 N–H and O–H groups in total. The Bertz CT molecular complexity index is 926. The highest BCUT2D eigenvalue weighted by atomic mass is 16.5. The second-order valence-electron chi connectivity index (χ2n) is 7.94. The highest BCUT2D eigenvalue weighted by Crippen LogP contribution is 2.57. The van der Waals surface area contributed by atoms with Crippen LogP contribution in [0.4, 0.5) is 5.69 Å². The van der Waals surface area contributed by atoms with E-state index in [0.29, 0.717) is 28.8 Å². The Balaban J connectivity index is 1.39. The number of hydrogen-bond donors (Lipinski definition) is 0. The van der Waals surface area contributed by atoms with Crippen LogP contribution in [0.3, 0.4) is 0 Å². The lowest BCUT2D eigenvalue weighted by Gasteiger charge is -2.20. The summed E-state index contributed by atoms with van der Waals surface area (Å²) in [6.45, 7) is -0.143. The van der Waals surface area contributed by atoms with E-state index in [0.717, 1.165) is 19.3 Å². The molecule has 28 heavy (non-hydrogen) atoms. The molecular weight excluding hydrogens is 354 g/mol. The number of ketones is 1. The van der Waals surface area contributed by atoms with E-state index in [1.165, 1.54) is 4.90 Å². The van der Waals surface area contributed by atoms with E-state index in [4.69, 9.17) is 4.74 Å². The molecule has 2 aromatic carbocycles. The summed E-state index contributed by atoms with van der Waals surface area (Å²) in [5.74, 6) is 0.356. The number of carbonyl (C=O) groups excluding carboxylic acids is 3. The molecule has 0 spiro atoms. The second kappa shape index (κ2) is 6.59. The van der Waals surface area contributed by atoms with Gasteiger partial charge in [0.1, 0.15) is 5.75 Å². The van der Waals surface area contributed by atoms with E-state index in [1.54, 1.807) is 48.5 Å². The number of para-hydroxylation sites is 2. The Hall–Kier alpha value is -2.95. The van der Waals surface area contributed by atoms with Gasteiger partial charge in [0.2, 0.25) is 11.8 Å². The minimum Gasteiger partial charge on any atom is -0.483 e. The molecule has 3 fully saturated rings. The van der Waals surface area contributed by atoms with Crippen LogP contribution in [0, 0.1) is 23.7 Å². The number of hydrogen-bond acceptors (Lipinski definition) is 4. The molecule has 2 aliphatic carbocycles. The predicted molar refractivity (Wildman–Crippen MR) is 103 cm³/mol. The van der Waals surface area contributed by atoms with Gasteiger partial charge in [-0.05, 0) is 43.2 Å². The van der Waals surface area contributed by atoms with Crippen molar-refractivity contribution < 1.29 is 19.1 Å². The molecule has 4 atom stereocenters. The normalized spacial score (nSPS) is 27.9. The van der Waals surface area contributed by atoms with Crippen LogP contribution in [-0.2, 0) is 9.59 Å². The summed E-state index contributed by atoms with van der Waals surface area (Å²) < 4.78 is 5.76. The predicted octanol–water partition coefficient (Wildman–Crippen LogP) is 3.48. The monoisotopic (exact) mass is 375 g/mol.